The average molecular weight is 493 g/mol. The standard InChI is InChI=1S/C16H4F14O2/c17-6-2-4-3(7(18)8(6)19)1-5(9(4)31)10(32)11(20)12(21,22)14(25,26)16(29,30)15(27,28)13(11,23)24/h2,31H,1H2/p-1. The highest BCUT2D eigenvalue weighted by Gasteiger charge is 3.02. The third-order valence-electron chi connectivity index (χ3n) is 5.17. The molecule has 16 heteroatoms. The van der Waals surface area contributed by atoms with Gasteiger partial charge < -0.3 is 5.11 Å². The minimum atomic E-state index is -7.60. The van der Waals surface area contributed by atoms with Crippen molar-refractivity contribution in [3.63, 3.8) is 0 Å². The van der Waals surface area contributed by atoms with Gasteiger partial charge in [0.1, 0.15) is 0 Å². The molecule has 0 N–H and O–H groups in total. The Hall–Kier alpha value is -2.55. The van der Waals surface area contributed by atoms with Crippen LogP contribution in [0.3, 0.4) is 0 Å². The zero-order valence-corrected chi connectivity index (χ0v) is 14.4. The number of carbonyl (C=O) groups is 1. The number of Topliss-reactive ketones (excluding diaryl/α,β-unsaturated/α-hetero) is 1. The number of hydrogen-bond donors (Lipinski definition) is 0. The monoisotopic (exact) mass is 493 g/mol. The van der Waals surface area contributed by atoms with E-state index in [9.17, 15) is 71.4 Å². The molecule has 1 aromatic rings. The number of hydrogen-bond acceptors (Lipinski definition) is 2. The van der Waals surface area contributed by atoms with Crippen LogP contribution in [0.15, 0.2) is 11.6 Å². The minimum absolute atomic E-state index is 0.199. The molecule has 32 heavy (non-hydrogen) atoms. The van der Waals surface area contributed by atoms with Gasteiger partial charge in [0, 0.05) is 12.0 Å². The Morgan fingerprint density at radius 3 is 1.56 bits per heavy atom. The molecule has 1 aromatic carbocycles. The van der Waals surface area contributed by atoms with Gasteiger partial charge in [-0.3, -0.25) is 4.79 Å². The number of alkyl halides is 11. The number of ketones is 1. The Morgan fingerprint density at radius 1 is 0.719 bits per heavy atom. The Bertz CT molecular complexity index is 1040. The van der Waals surface area contributed by atoms with Crippen LogP contribution in [0.25, 0.3) is 5.76 Å². The van der Waals surface area contributed by atoms with Gasteiger partial charge in [-0.1, -0.05) is 5.76 Å². The van der Waals surface area contributed by atoms with Gasteiger partial charge in [0.25, 0.3) is 0 Å². The number of fused-ring (bicyclic) bond motifs is 1. The quantitative estimate of drug-likeness (QED) is 0.458. The van der Waals surface area contributed by atoms with E-state index in [-0.39, 0.29) is 6.07 Å². The molecule has 2 aliphatic carbocycles. The fraction of sp³-hybridized carbons (Fsp3) is 0.438. The highest BCUT2D eigenvalue weighted by Crippen LogP contribution is 2.70. The van der Waals surface area contributed by atoms with Crippen molar-refractivity contribution in [1.82, 2.24) is 0 Å². The van der Waals surface area contributed by atoms with E-state index < -0.39 is 87.4 Å². The van der Waals surface area contributed by atoms with Crippen LogP contribution in [0, 0.1) is 17.5 Å². The summed E-state index contributed by atoms with van der Waals surface area (Å²) in [7, 11) is 0. The van der Waals surface area contributed by atoms with Crippen molar-refractivity contribution in [2.45, 2.75) is 41.7 Å². The van der Waals surface area contributed by atoms with E-state index in [0.717, 1.165) is 0 Å². The molecule has 2 aliphatic rings. The van der Waals surface area contributed by atoms with Crippen molar-refractivity contribution >= 4 is 11.5 Å². The molecule has 178 valence electrons. The molecule has 0 bridgehead atoms. The van der Waals surface area contributed by atoms with Crippen molar-refractivity contribution in [3.8, 4) is 0 Å². The second-order valence-corrected chi connectivity index (χ2v) is 6.86. The Kier molecular flexibility index (Phi) is 4.57. The summed E-state index contributed by atoms with van der Waals surface area (Å²) in [6.45, 7) is 0. The van der Waals surface area contributed by atoms with E-state index in [1.54, 1.807) is 0 Å². The topological polar surface area (TPSA) is 40.1 Å². The molecule has 1 fully saturated rings. The summed E-state index contributed by atoms with van der Waals surface area (Å²) < 4.78 is 191. The molecule has 0 heterocycles. The summed E-state index contributed by atoms with van der Waals surface area (Å²) in [5.74, 6) is -50.8. The first-order valence-electron chi connectivity index (χ1n) is 7.84. The van der Waals surface area contributed by atoms with Crippen LogP contribution in [-0.4, -0.2) is 41.1 Å². The summed E-state index contributed by atoms with van der Waals surface area (Å²) in [5, 5.41) is 12.0. The first kappa shape index (κ1) is 24.1. The van der Waals surface area contributed by atoms with Crippen LogP contribution >= 0.6 is 0 Å². The van der Waals surface area contributed by atoms with E-state index >= 15 is 0 Å². The lowest BCUT2D eigenvalue weighted by atomic mass is 9.69. The zero-order chi connectivity index (χ0) is 25.0. The zero-order valence-electron chi connectivity index (χ0n) is 14.4. The van der Waals surface area contributed by atoms with E-state index in [4.69, 9.17) is 0 Å². The molecule has 0 spiro atoms. The lowest BCUT2D eigenvalue weighted by Crippen LogP contribution is -2.85. The summed E-state index contributed by atoms with van der Waals surface area (Å²) in [4.78, 5) is 12.1. The van der Waals surface area contributed by atoms with E-state index in [1.165, 1.54) is 0 Å². The molecule has 0 atom stereocenters. The molecular weight excluding hydrogens is 490 g/mol. The summed E-state index contributed by atoms with van der Waals surface area (Å²) in [6, 6.07) is -0.199. The van der Waals surface area contributed by atoms with Crippen LogP contribution in [0.2, 0.25) is 0 Å². The third kappa shape index (κ3) is 2.20. The average Bonchev–Trinajstić information content (AvgIpc) is 2.99. The van der Waals surface area contributed by atoms with Gasteiger partial charge in [0.2, 0.25) is 5.78 Å². The fourth-order valence-corrected chi connectivity index (χ4v) is 3.33. The molecule has 2 nitrogen and oxygen atoms in total. The number of rotatable bonds is 2. The highest BCUT2D eigenvalue weighted by atomic mass is 19.4. The smallest absolute Gasteiger partial charge is 0.384 e. The summed E-state index contributed by atoms with van der Waals surface area (Å²) >= 11 is 0. The minimum Gasteiger partial charge on any atom is -0.872 e. The van der Waals surface area contributed by atoms with Crippen LogP contribution in [0.4, 0.5) is 61.5 Å². The van der Waals surface area contributed by atoms with Crippen LogP contribution < -0.4 is 5.11 Å². The number of allylic oxidation sites excluding steroid dienone is 1. The van der Waals surface area contributed by atoms with E-state index in [0.29, 0.717) is 0 Å². The van der Waals surface area contributed by atoms with Gasteiger partial charge in [-0.15, -0.1) is 0 Å². The first-order chi connectivity index (χ1) is 14.1. The molecule has 0 saturated heterocycles. The second kappa shape index (κ2) is 6.07. The van der Waals surface area contributed by atoms with Crippen molar-refractivity contribution < 1.29 is 71.4 Å². The molecule has 0 aromatic heterocycles. The van der Waals surface area contributed by atoms with Crippen molar-refractivity contribution in [2.24, 2.45) is 0 Å². The molecule has 3 rings (SSSR count). The van der Waals surface area contributed by atoms with E-state index in [2.05, 4.69) is 0 Å². The van der Waals surface area contributed by atoms with Crippen molar-refractivity contribution in [3.05, 3.63) is 40.2 Å². The van der Waals surface area contributed by atoms with Gasteiger partial charge in [0.15, 0.2) is 17.5 Å². The molecule has 0 aliphatic heterocycles. The lowest BCUT2D eigenvalue weighted by Gasteiger charge is -2.51. The predicted molar refractivity (Wildman–Crippen MR) is 70.5 cm³/mol. The molecular formula is C16H3F14O2-. The molecule has 0 amide bonds. The Balaban J connectivity index is 2.28. The SMILES string of the molecule is O=C(C1=C([O-])c2cc(F)c(F)c(F)c2C1)C1(F)C(F)(F)C(F)(F)C(F)(F)C(F)(F)C1(F)F. The first-order valence-corrected chi connectivity index (χ1v) is 7.84. The summed E-state index contributed by atoms with van der Waals surface area (Å²) in [5.41, 5.74) is -12.3. The van der Waals surface area contributed by atoms with Crippen LogP contribution in [0.5, 0.6) is 0 Å². The van der Waals surface area contributed by atoms with E-state index in [1.807, 2.05) is 0 Å². The van der Waals surface area contributed by atoms with Gasteiger partial charge >= 0.3 is 35.3 Å². The van der Waals surface area contributed by atoms with Crippen molar-refractivity contribution in [1.29, 1.82) is 0 Å². The maximum atomic E-state index is 14.8. The Morgan fingerprint density at radius 2 is 1.12 bits per heavy atom. The van der Waals surface area contributed by atoms with Crippen molar-refractivity contribution in [2.75, 3.05) is 0 Å². The fourth-order valence-electron chi connectivity index (χ4n) is 3.33. The van der Waals surface area contributed by atoms with Gasteiger partial charge in [-0.25, -0.2) is 17.6 Å². The predicted octanol–water partition coefficient (Wildman–Crippen LogP) is 4.20. The Labute approximate surface area is 166 Å². The number of carbonyl (C=O) groups excluding carboxylic acids is 1. The third-order valence-corrected chi connectivity index (χ3v) is 5.17. The lowest BCUT2D eigenvalue weighted by molar-refractivity contribution is -0.475. The molecule has 0 radical (unpaired) electrons. The number of benzene rings is 1. The largest absolute Gasteiger partial charge is 0.872 e. The maximum absolute atomic E-state index is 14.8. The summed E-state index contributed by atoms with van der Waals surface area (Å²) in [6.07, 6.45) is -1.90. The van der Waals surface area contributed by atoms with Gasteiger partial charge in [-0.2, -0.15) is 43.9 Å². The van der Waals surface area contributed by atoms with Crippen LogP contribution in [-0.2, 0) is 11.2 Å². The second-order valence-electron chi connectivity index (χ2n) is 6.86. The normalized spacial score (nSPS) is 26.1. The van der Waals surface area contributed by atoms with Crippen LogP contribution in [0.1, 0.15) is 11.1 Å². The van der Waals surface area contributed by atoms with Gasteiger partial charge in [0.05, 0.1) is 0 Å². The maximum Gasteiger partial charge on any atom is 0.384 e. The number of halogens is 14. The molecule has 0 unspecified atom stereocenters. The molecule has 1 saturated carbocycles. The highest BCUT2D eigenvalue weighted by molar-refractivity contribution is 6.10. The van der Waals surface area contributed by atoms with Gasteiger partial charge in [-0.05, 0) is 17.2 Å².